The van der Waals surface area contributed by atoms with Gasteiger partial charge in [-0.3, -0.25) is 4.90 Å². The molecule has 0 aliphatic heterocycles. The topological polar surface area (TPSA) is 52.7 Å². The van der Waals surface area contributed by atoms with Gasteiger partial charge in [-0.25, -0.2) is 9.07 Å². The molecule has 0 atom stereocenters. The fraction of sp³-hybridized carbons (Fsp3) is 0.333. The van der Waals surface area contributed by atoms with E-state index in [0.717, 1.165) is 24.0 Å². The van der Waals surface area contributed by atoms with Gasteiger partial charge in [0.05, 0.1) is 20.9 Å². The number of hydrogen-bond acceptors (Lipinski definition) is 6. The zero-order valence-electron chi connectivity index (χ0n) is 16.3. The van der Waals surface area contributed by atoms with Crippen molar-refractivity contribution in [3.05, 3.63) is 58.7 Å². The van der Waals surface area contributed by atoms with Crippen LogP contribution in [0.3, 0.4) is 0 Å². The summed E-state index contributed by atoms with van der Waals surface area (Å²) in [6.45, 7) is 1.11. The third-order valence-corrected chi connectivity index (χ3v) is 5.18. The van der Waals surface area contributed by atoms with Gasteiger partial charge in [-0.05, 0) is 61.0 Å². The summed E-state index contributed by atoms with van der Waals surface area (Å²) in [5.41, 5.74) is 1.67. The van der Waals surface area contributed by atoms with Crippen molar-refractivity contribution in [2.75, 3.05) is 14.2 Å². The Morgan fingerprint density at radius 3 is 2.66 bits per heavy atom. The van der Waals surface area contributed by atoms with Crippen molar-refractivity contribution in [1.82, 2.24) is 14.7 Å². The molecule has 4 rings (SSSR count). The molecule has 6 nitrogen and oxygen atoms in total. The Bertz CT molecular complexity index is 1060. The lowest BCUT2D eigenvalue weighted by Gasteiger charge is -2.21. The summed E-state index contributed by atoms with van der Waals surface area (Å²) in [5.74, 6) is 1.40. The highest BCUT2D eigenvalue weighted by Crippen LogP contribution is 2.32. The molecule has 1 fully saturated rings. The number of ether oxygens (including phenoxy) is 2. The average molecular weight is 415 g/mol. The van der Waals surface area contributed by atoms with E-state index in [2.05, 4.69) is 10.00 Å². The standard InChI is InChI=1S/C21H22FN3O3S/c1-26-18-9-6-15(11-19(18)27-2)20-23-25(21(29)28-20)13-24(17-7-8-17)12-14-4-3-5-16(22)10-14/h3-6,9-11,17H,7-8,12-13H2,1-2H3. The van der Waals surface area contributed by atoms with Crippen LogP contribution in [0.15, 0.2) is 46.9 Å². The van der Waals surface area contributed by atoms with E-state index >= 15 is 0 Å². The van der Waals surface area contributed by atoms with E-state index in [1.165, 1.54) is 6.07 Å². The highest BCUT2D eigenvalue weighted by Gasteiger charge is 2.30. The van der Waals surface area contributed by atoms with Crippen molar-refractivity contribution in [3.8, 4) is 23.0 Å². The SMILES string of the molecule is COc1ccc(-c2nn(CN(Cc3cccc(F)c3)C3CC3)c(=S)o2)cc1OC. The molecule has 8 heteroatoms. The molecule has 152 valence electrons. The number of aromatic nitrogens is 2. The van der Waals surface area contributed by atoms with Crippen molar-refractivity contribution in [3.63, 3.8) is 0 Å². The second kappa shape index (κ2) is 8.34. The van der Waals surface area contributed by atoms with E-state index in [1.54, 1.807) is 43.2 Å². The van der Waals surface area contributed by atoms with Crippen molar-refractivity contribution in [1.29, 1.82) is 0 Å². The van der Waals surface area contributed by atoms with Crippen LogP contribution in [0.1, 0.15) is 18.4 Å². The van der Waals surface area contributed by atoms with Gasteiger partial charge in [-0.1, -0.05) is 12.1 Å². The number of halogens is 1. The van der Waals surface area contributed by atoms with E-state index in [-0.39, 0.29) is 5.82 Å². The molecular formula is C21H22FN3O3S. The number of nitrogens with zero attached hydrogens (tertiary/aromatic N) is 3. The van der Waals surface area contributed by atoms with Gasteiger partial charge in [0.1, 0.15) is 5.82 Å². The Morgan fingerprint density at radius 2 is 1.97 bits per heavy atom. The van der Waals surface area contributed by atoms with Crippen LogP contribution in [-0.2, 0) is 13.2 Å². The molecule has 1 aliphatic carbocycles. The Labute approximate surface area is 173 Å². The Morgan fingerprint density at radius 1 is 1.17 bits per heavy atom. The maximum absolute atomic E-state index is 13.5. The molecule has 1 aliphatic rings. The fourth-order valence-electron chi connectivity index (χ4n) is 3.26. The lowest BCUT2D eigenvalue weighted by atomic mass is 10.2. The maximum Gasteiger partial charge on any atom is 0.288 e. The summed E-state index contributed by atoms with van der Waals surface area (Å²) in [7, 11) is 3.17. The fourth-order valence-corrected chi connectivity index (χ4v) is 3.44. The van der Waals surface area contributed by atoms with Crippen LogP contribution >= 0.6 is 12.2 Å². The van der Waals surface area contributed by atoms with Gasteiger partial charge >= 0.3 is 0 Å². The molecule has 3 aromatic rings. The Balaban J connectivity index is 1.56. The summed E-state index contributed by atoms with van der Waals surface area (Å²) < 4.78 is 31.6. The molecule has 0 saturated heterocycles. The molecule has 0 bridgehead atoms. The van der Waals surface area contributed by atoms with Crippen LogP contribution in [-0.4, -0.2) is 34.9 Å². The molecule has 0 spiro atoms. The number of rotatable bonds is 8. The predicted octanol–water partition coefficient (Wildman–Crippen LogP) is 4.65. The quantitative estimate of drug-likeness (QED) is 0.499. The number of methoxy groups -OCH3 is 2. The van der Waals surface area contributed by atoms with Gasteiger partial charge in [0.25, 0.3) is 4.84 Å². The first-order valence-electron chi connectivity index (χ1n) is 9.36. The van der Waals surface area contributed by atoms with E-state index in [0.29, 0.717) is 41.5 Å². The van der Waals surface area contributed by atoms with Gasteiger partial charge in [-0.2, -0.15) is 0 Å². The molecule has 1 aromatic heterocycles. The van der Waals surface area contributed by atoms with Crippen molar-refractivity contribution in [2.24, 2.45) is 0 Å². The number of benzene rings is 2. The van der Waals surface area contributed by atoms with Crippen molar-refractivity contribution in [2.45, 2.75) is 32.1 Å². The highest BCUT2D eigenvalue weighted by atomic mass is 32.1. The van der Waals surface area contributed by atoms with Gasteiger partial charge in [-0.15, -0.1) is 5.10 Å². The Hall–Kier alpha value is -2.71. The van der Waals surface area contributed by atoms with Crippen LogP contribution < -0.4 is 9.47 Å². The van der Waals surface area contributed by atoms with Crippen LogP contribution in [0.5, 0.6) is 11.5 Å². The number of hydrogen-bond donors (Lipinski definition) is 0. The predicted molar refractivity (Wildman–Crippen MR) is 109 cm³/mol. The van der Waals surface area contributed by atoms with E-state index in [1.807, 2.05) is 12.1 Å². The first-order chi connectivity index (χ1) is 14.1. The third-order valence-electron chi connectivity index (χ3n) is 4.89. The molecule has 1 heterocycles. The van der Waals surface area contributed by atoms with Crippen LogP contribution in [0, 0.1) is 10.7 Å². The molecule has 1 saturated carbocycles. The van der Waals surface area contributed by atoms with Crippen molar-refractivity contribution >= 4 is 12.2 Å². The molecule has 2 aromatic carbocycles. The van der Waals surface area contributed by atoms with E-state index < -0.39 is 0 Å². The van der Waals surface area contributed by atoms with Crippen molar-refractivity contribution < 1.29 is 18.3 Å². The third kappa shape index (κ3) is 4.49. The summed E-state index contributed by atoms with van der Waals surface area (Å²) in [4.78, 5) is 2.53. The lowest BCUT2D eigenvalue weighted by Crippen LogP contribution is -2.28. The van der Waals surface area contributed by atoms with Gasteiger partial charge < -0.3 is 13.9 Å². The average Bonchev–Trinajstić information content (AvgIpc) is 3.51. The minimum Gasteiger partial charge on any atom is -0.493 e. The molecule has 0 radical (unpaired) electrons. The van der Waals surface area contributed by atoms with Gasteiger partial charge in [0.2, 0.25) is 5.89 Å². The summed E-state index contributed by atoms with van der Waals surface area (Å²) in [6, 6.07) is 12.6. The van der Waals surface area contributed by atoms with Gasteiger partial charge in [0.15, 0.2) is 11.5 Å². The Kier molecular flexibility index (Phi) is 5.64. The lowest BCUT2D eigenvalue weighted by molar-refractivity contribution is 0.184. The largest absolute Gasteiger partial charge is 0.493 e. The minimum atomic E-state index is -0.230. The molecular weight excluding hydrogens is 393 g/mol. The first kappa shape index (κ1) is 19.6. The second-order valence-electron chi connectivity index (χ2n) is 6.99. The molecule has 0 unspecified atom stereocenters. The maximum atomic E-state index is 13.5. The van der Waals surface area contributed by atoms with E-state index in [9.17, 15) is 4.39 Å². The molecule has 0 N–H and O–H groups in total. The summed E-state index contributed by atoms with van der Waals surface area (Å²) in [6.07, 6.45) is 2.23. The van der Waals surface area contributed by atoms with Crippen LogP contribution in [0.4, 0.5) is 4.39 Å². The molecule has 29 heavy (non-hydrogen) atoms. The molecule has 0 amide bonds. The monoisotopic (exact) mass is 415 g/mol. The smallest absolute Gasteiger partial charge is 0.288 e. The summed E-state index contributed by atoms with van der Waals surface area (Å²) >= 11 is 5.38. The normalized spacial score (nSPS) is 13.7. The van der Waals surface area contributed by atoms with Crippen LogP contribution in [0.25, 0.3) is 11.5 Å². The highest BCUT2D eigenvalue weighted by molar-refractivity contribution is 7.71. The zero-order valence-corrected chi connectivity index (χ0v) is 17.1. The second-order valence-corrected chi connectivity index (χ2v) is 7.34. The first-order valence-corrected chi connectivity index (χ1v) is 9.77. The van der Waals surface area contributed by atoms with Crippen LogP contribution in [0.2, 0.25) is 0 Å². The van der Waals surface area contributed by atoms with Gasteiger partial charge in [0, 0.05) is 18.2 Å². The zero-order chi connectivity index (χ0) is 20.4. The minimum absolute atomic E-state index is 0.230. The summed E-state index contributed by atoms with van der Waals surface area (Å²) in [5, 5.41) is 4.55. The van der Waals surface area contributed by atoms with E-state index in [4.69, 9.17) is 26.1 Å².